The number of nitrogens with one attached hydrogen (secondary N) is 1. The standard InChI is InChI=1S/C23H27FN2O7S/c1-22(2,3)33-21(29)25-15-8-11-18-17(12-15)26(13-19(32-18)23(4,5)20(27)28)34(30,31)16-9-6-14(24)7-10-16/h6-12,19H,13H2,1-5H3,(H,25,29)(H,27,28). The van der Waals surface area contributed by atoms with Crippen molar-refractivity contribution < 1.29 is 37.0 Å². The molecule has 0 bridgehead atoms. The van der Waals surface area contributed by atoms with Crippen molar-refractivity contribution in [1.29, 1.82) is 0 Å². The largest absolute Gasteiger partial charge is 0.485 e. The zero-order valence-corrected chi connectivity index (χ0v) is 20.3. The van der Waals surface area contributed by atoms with Gasteiger partial charge in [-0.2, -0.15) is 0 Å². The van der Waals surface area contributed by atoms with Crippen LogP contribution in [-0.2, 0) is 19.6 Å². The van der Waals surface area contributed by atoms with E-state index in [1.807, 2.05) is 0 Å². The van der Waals surface area contributed by atoms with Gasteiger partial charge in [0.25, 0.3) is 10.0 Å². The second-order valence-electron chi connectivity index (χ2n) is 9.43. The molecule has 3 rings (SSSR count). The molecule has 1 amide bonds. The molecule has 2 N–H and O–H groups in total. The summed E-state index contributed by atoms with van der Waals surface area (Å²) in [6.45, 7) is 7.66. The van der Waals surface area contributed by atoms with Crippen molar-refractivity contribution in [3.05, 3.63) is 48.3 Å². The van der Waals surface area contributed by atoms with Crippen LogP contribution < -0.4 is 14.4 Å². The SMILES string of the molecule is CC(C)(C)OC(=O)Nc1ccc2c(c1)N(S(=O)(=O)c1ccc(F)cc1)CC(C(C)(C)C(=O)O)O2. The topological polar surface area (TPSA) is 122 Å². The molecule has 1 aliphatic heterocycles. The highest BCUT2D eigenvalue weighted by Gasteiger charge is 2.45. The van der Waals surface area contributed by atoms with Crippen LogP contribution in [-0.4, -0.2) is 43.8 Å². The van der Waals surface area contributed by atoms with Crippen LogP contribution >= 0.6 is 0 Å². The van der Waals surface area contributed by atoms with Crippen LogP contribution in [0.2, 0.25) is 0 Å². The number of hydrogen-bond acceptors (Lipinski definition) is 6. The first-order chi connectivity index (χ1) is 15.6. The predicted octanol–water partition coefficient (Wildman–Crippen LogP) is 4.24. The van der Waals surface area contributed by atoms with Gasteiger partial charge in [-0.3, -0.25) is 14.4 Å². The molecule has 0 spiro atoms. The summed E-state index contributed by atoms with van der Waals surface area (Å²) in [6, 6.07) is 8.62. The Morgan fingerprint density at radius 2 is 1.74 bits per heavy atom. The molecule has 1 atom stereocenters. The van der Waals surface area contributed by atoms with Gasteiger partial charge in [0, 0.05) is 5.69 Å². The Morgan fingerprint density at radius 3 is 2.29 bits per heavy atom. The number of amides is 1. The minimum atomic E-state index is -4.24. The molecular formula is C23H27FN2O7S. The van der Waals surface area contributed by atoms with Crippen molar-refractivity contribution in [3.63, 3.8) is 0 Å². The van der Waals surface area contributed by atoms with Gasteiger partial charge in [0.2, 0.25) is 0 Å². The number of carbonyl (C=O) groups is 2. The van der Waals surface area contributed by atoms with Crippen molar-refractivity contribution in [2.24, 2.45) is 5.41 Å². The molecule has 2 aromatic carbocycles. The lowest BCUT2D eigenvalue weighted by Gasteiger charge is -2.40. The quantitative estimate of drug-likeness (QED) is 0.637. The lowest BCUT2D eigenvalue weighted by atomic mass is 9.85. The number of ether oxygens (including phenoxy) is 2. The Hall–Kier alpha value is -3.34. The summed E-state index contributed by atoms with van der Waals surface area (Å²) >= 11 is 0. The number of fused-ring (bicyclic) bond motifs is 1. The van der Waals surface area contributed by atoms with Crippen molar-refractivity contribution in [1.82, 2.24) is 0 Å². The van der Waals surface area contributed by atoms with E-state index in [0.29, 0.717) is 0 Å². The normalized spacial score (nSPS) is 16.3. The first-order valence-electron chi connectivity index (χ1n) is 10.4. The van der Waals surface area contributed by atoms with Gasteiger partial charge < -0.3 is 14.6 Å². The Morgan fingerprint density at radius 1 is 1.12 bits per heavy atom. The maximum absolute atomic E-state index is 13.5. The number of sulfonamides is 1. The number of rotatable bonds is 5. The van der Waals surface area contributed by atoms with E-state index in [4.69, 9.17) is 9.47 Å². The van der Waals surface area contributed by atoms with Crippen LogP contribution in [0.1, 0.15) is 34.6 Å². The van der Waals surface area contributed by atoms with E-state index in [9.17, 15) is 27.5 Å². The first-order valence-corrected chi connectivity index (χ1v) is 11.9. The smallest absolute Gasteiger partial charge is 0.412 e. The molecule has 0 fully saturated rings. The Balaban J connectivity index is 2.07. The third kappa shape index (κ3) is 5.24. The summed E-state index contributed by atoms with van der Waals surface area (Å²) in [5, 5.41) is 12.2. The number of aliphatic carboxylic acids is 1. The highest BCUT2D eigenvalue weighted by atomic mass is 32.2. The second kappa shape index (κ2) is 8.79. The molecule has 34 heavy (non-hydrogen) atoms. The fourth-order valence-corrected chi connectivity index (χ4v) is 4.69. The van der Waals surface area contributed by atoms with E-state index in [0.717, 1.165) is 28.6 Å². The molecule has 0 radical (unpaired) electrons. The molecule has 1 heterocycles. The summed E-state index contributed by atoms with van der Waals surface area (Å²) in [5.74, 6) is -1.65. The number of nitrogens with zero attached hydrogens (tertiary/aromatic N) is 1. The van der Waals surface area contributed by atoms with Crippen LogP contribution in [0.5, 0.6) is 5.75 Å². The first kappa shape index (κ1) is 25.3. The maximum Gasteiger partial charge on any atom is 0.412 e. The monoisotopic (exact) mass is 494 g/mol. The predicted molar refractivity (Wildman–Crippen MR) is 123 cm³/mol. The van der Waals surface area contributed by atoms with E-state index in [-0.39, 0.29) is 28.6 Å². The lowest BCUT2D eigenvalue weighted by Crippen LogP contribution is -2.52. The maximum atomic E-state index is 13.5. The second-order valence-corrected chi connectivity index (χ2v) is 11.3. The van der Waals surface area contributed by atoms with Crippen molar-refractivity contribution in [3.8, 4) is 5.75 Å². The fraction of sp³-hybridized carbons (Fsp3) is 0.391. The van der Waals surface area contributed by atoms with Gasteiger partial charge in [0.15, 0.2) is 0 Å². The van der Waals surface area contributed by atoms with E-state index in [1.165, 1.54) is 32.0 Å². The van der Waals surface area contributed by atoms with Crippen molar-refractivity contribution in [2.75, 3.05) is 16.2 Å². The summed E-state index contributed by atoms with van der Waals surface area (Å²) in [4.78, 5) is 23.8. The molecule has 1 unspecified atom stereocenters. The Bertz CT molecular complexity index is 1200. The average molecular weight is 495 g/mol. The number of carboxylic acid groups (broad SMARTS) is 1. The minimum Gasteiger partial charge on any atom is -0.485 e. The van der Waals surface area contributed by atoms with Gasteiger partial charge >= 0.3 is 12.1 Å². The van der Waals surface area contributed by atoms with Crippen LogP contribution in [0.4, 0.5) is 20.6 Å². The number of hydrogen-bond donors (Lipinski definition) is 2. The number of carboxylic acids is 1. The number of halogens is 1. The van der Waals surface area contributed by atoms with Crippen LogP contribution in [0.25, 0.3) is 0 Å². The molecule has 0 aromatic heterocycles. The van der Waals surface area contributed by atoms with Gasteiger partial charge in [-0.05, 0) is 77.1 Å². The van der Waals surface area contributed by atoms with Gasteiger partial charge in [-0.15, -0.1) is 0 Å². The third-order valence-electron chi connectivity index (χ3n) is 5.23. The zero-order valence-electron chi connectivity index (χ0n) is 19.5. The van der Waals surface area contributed by atoms with E-state index in [1.54, 1.807) is 20.8 Å². The summed E-state index contributed by atoms with van der Waals surface area (Å²) in [5.41, 5.74) is -1.83. The molecular weight excluding hydrogens is 467 g/mol. The third-order valence-corrected chi connectivity index (χ3v) is 7.03. The lowest BCUT2D eigenvalue weighted by molar-refractivity contribution is -0.152. The van der Waals surface area contributed by atoms with Crippen molar-refractivity contribution >= 4 is 33.5 Å². The molecule has 0 aliphatic carbocycles. The van der Waals surface area contributed by atoms with Crippen molar-refractivity contribution in [2.45, 2.75) is 51.2 Å². The number of carbonyl (C=O) groups excluding carboxylic acids is 1. The Kier molecular flexibility index (Phi) is 6.53. The summed E-state index contributed by atoms with van der Waals surface area (Å²) < 4.78 is 52.6. The van der Waals surface area contributed by atoms with Crippen LogP contribution in [0.15, 0.2) is 47.4 Å². The molecule has 0 saturated heterocycles. The van der Waals surface area contributed by atoms with Gasteiger partial charge in [0.05, 0.1) is 17.1 Å². The fourth-order valence-electron chi connectivity index (χ4n) is 3.23. The summed E-state index contributed by atoms with van der Waals surface area (Å²) in [6.07, 6.45) is -1.76. The molecule has 2 aromatic rings. The highest BCUT2D eigenvalue weighted by molar-refractivity contribution is 7.92. The Labute approximate surface area is 197 Å². The zero-order chi connectivity index (χ0) is 25.5. The molecule has 0 saturated carbocycles. The van der Waals surface area contributed by atoms with Gasteiger partial charge in [0.1, 0.15) is 28.7 Å². The van der Waals surface area contributed by atoms with E-state index >= 15 is 0 Å². The van der Waals surface area contributed by atoms with E-state index < -0.39 is 45.0 Å². The van der Waals surface area contributed by atoms with E-state index in [2.05, 4.69) is 5.32 Å². The summed E-state index contributed by atoms with van der Waals surface area (Å²) in [7, 11) is -4.24. The van der Waals surface area contributed by atoms with Gasteiger partial charge in [-0.25, -0.2) is 17.6 Å². The molecule has 184 valence electrons. The van der Waals surface area contributed by atoms with Gasteiger partial charge in [-0.1, -0.05) is 0 Å². The number of anilines is 2. The number of benzene rings is 2. The van der Waals surface area contributed by atoms with Crippen LogP contribution in [0.3, 0.4) is 0 Å². The molecule has 1 aliphatic rings. The molecule has 11 heteroatoms. The highest BCUT2D eigenvalue weighted by Crippen LogP contribution is 2.42. The minimum absolute atomic E-state index is 0.0929. The van der Waals surface area contributed by atoms with Crippen LogP contribution in [0, 0.1) is 11.2 Å². The molecule has 9 nitrogen and oxygen atoms in total. The average Bonchev–Trinajstić information content (AvgIpc) is 2.71.